The maximum Gasteiger partial charge on any atom is 0.317 e. The van der Waals surface area contributed by atoms with Gasteiger partial charge in [-0.3, -0.25) is 4.79 Å². The molecule has 0 aromatic heterocycles. The quantitative estimate of drug-likeness (QED) is 0.824. The highest BCUT2D eigenvalue weighted by molar-refractivity contribution is 5.76. The summed E-state index contributed by atoms with van der Waals surface area (Å²) in [5, 5.41) is 11.8. The fraction of sp³-hybridized carbons (Fsp3) is 0.857. The Bertz CT molecular complexity index is 346. The van der Waals surface area contributed by atoms with Gasteiger partial charge in [-0.25, -0.2) is 4.79 Å². The van der Waals surface area contributed by atoms with Crippen molar-refractivity contribution in [1.82, 2.24) is 10.2 Å². The summed E-state index contributed by atoms with van der Waals surface area (Å²) in [4.78, 5) is 24.9. The van der Waals surface area contributed by atoms with E-state index >= 15 is 0 Å². The Hall–Kier alpha value is -1.30. The Morgan fingerprint density at radius 1 is 1.35 bits per heavy atom. The number of carboxylic acid groups (broad SMARTS) is 1. The van der Waals surface area contributed by atoms with Crippen LogP contribution in [0.2, 0.25) is 0 Å². The van der Waals surface area contributed by atoms with Crippen molar-refractivity contribution in [3.63, 3.8) is 0 Å². The number of urea groups is 1. The van der Waals surface area contributed by atoms with E-state index in [0.717, 1.165) is 12.8 Å². The first-order chi connectivity index (χ1) is 9.21. The van der Waals surface area contributed by atoms with Crippen molar-refractivity contribution < 1.29 is 19.4 Å². The summed E-state index contributed by atoms with van der Waals surface area (Å²) in [5.41, 5.74) is -0.301. The molecule has 0 aliphatic carbocycles. The van der Waals surface area contributed by atoms with Gasteiger partial charge in [0.2, 0.25) is 0 Å². The van der Waals surface area contributed by atoms with Crippen molar-refractivity contribution in [2.75, 3.05) is 20.3 Å². The van der Waals surface area contributed by atoms with E-state index in [1.807, 2.05) is 20.8 Å². The highest BCUT2D eigenvalue weighted by Crippen LogP contribution is 2.22. The van der Waals surface area contributed by atoms with Gasteiger partial charge in [0, 0.05) is 32.3 Å². The van der Waals surface area contributed by atoms with Crippen LogP contribution in [0.5, 0.6) is 0 Å². The van der Waals surface area contributed by atoms with Gasteiger partial charge in [-0.05, 0) is 18.3 Å². The van der Waals surface area contributed by atoms with Gasteiger partial charge in [-0.15, -0.1) is 0 Å². The largest absolute Gasteiger partial charge is 0.481 e. The molecule has 0 aromatic rings. The molecule has 1 aliphatic heterocycles. The first-order valence-corrected chi connectivity index (χ1v) is 7.04. The maximum atomic E-state index is 12.3. The van der Waals surface area contributed by atoms with Crippen LogP contribution in [0.1, 0.15) is 40.0 Å². The third-order valence-electron chi connectivity index (χ3n) is 3.78. The molecule has 1 saturated heterocycles. The van der Waals surface area contributed by atoms with E-state index in [2.05, 4.69) is 5.32 Å². The zero-order valence-corrected chi connectivity index (χ0v) is 12.8. The molecule has 1 rings (SSSR count). The van der Waals surface area contributed by atoms with Crippen LogP contribution in [-0.2, 0) is 9.53 Å². The maximum absolute atomic E-state index is 12.3. The molecule has 0 aromatic carbocycles. The average molecular weight is 286 g/mol. The number of amides is 2. The highest BCUT2D eigenvalue weighted by Gasteiger charge is 2.31. The number of rotatable bonds is 4. The number of carbonyl (C=O) groups is 2. The Morgan fingerprint density at radius 3 is 2.35 bits per heavy atom. The Balaban J connectivity index is 2.62. The molecule has 1 aliphatic rings. The van der Waals surface area contributed by atoms with E-state index in [0.29, 0.717) is 13.2 Å². The summed E-state index contributed by atoms with van der Waals surface area (Å²) in [6, 6.07) is -0.443. The van der Waals surface area contributed by atoms with Gasteiger partial charge in [-0.1, -0.05) is 20.8 Å². The standard InChI is InChI=1S/C14H26N2O4/c1-14(2,3)11(9-12(17)18)15-13(19)16(4)10-5-7-20-8-6-10/h10-11H,5-9H2,1-4H3,(H,15,19)(H,17,18). The number of hydrogen-bond donors (Lipinski definition) is 2. The first kappa shape index (κ1) is 16.8. The molecule has 6 heteroatoms. The fourth-order valence-corrected chi connectivity index (χ4v) is 2.24. The molecule has 2 amide bonds. The number of ether oxygens (including phenoxy) is 1. The van der Waals surface area contributed by atoms with E-state index < -0.39 is 12.0 Å². The molecule has 0 spiro atoms. The number of aliphatic carboxylic acids is 1. The third-order valence-corrected chi connectivity index (χ3v) is 3.78. The number of hydrogen-bond acceptors (Lipinski definition) is 3. The summed E-state index contributed by atoms with van der Waals surface area (Å²) < 4.78 is 5.28. The van der Waals surface area contributed by atoms with Crippen LogP contribution in [0.25, 0.3) is 0 Å². The van der Waals surface area contributed by atoms with Crippen LogP contribution in [0, 0.1) is 5.41 Å². The Labute approximate surface area is 120 Å². The van der Waals surface area contributed by atoms with E-state index in [1.54, 1.807) is 11.9 Å². The van der Waals surface area contributed by atoms with Crippen LogP contribution >= 0.6 is 0 Å². The van der Waals surface area contributed by atoms with Crippen molar-refractivity contribution >= 4 is 12.0 Å². The summed E-state index contributed by atoms with van der Waals surface area (Å²) in [6.45, 7) is 7.11. The van der Waals surface area contributed by atoms with Gasteiger partial charge >= 0.3 is 12.0 Å². The summed E-state index contributed by atoms with van der Waals surface area (Å²) in [7, 11) is 1.76. The van der Waals surface area contributed by atoms with Gasteiger partial charge in [-0.2, -0.15) is 0 Å². The minimum Gasteiger partial charge on any atom is -0.481 e. The smallest absolute Gasteiger partial charge is 0.317 e. The fourth-order valence-electron chi connectivity index (χ4n) is 2.24. The van der Waals surface area contributed by atoms with E-state index in [9.17, 15) is 9.59 Å². The molecule has 116 valence electrons. The number of carbonyl (C=O) groups excluding carboxylic acids is 1. The highest BCUT2D eigenvalue weighted by atomic mass is 16.5. The van der Waals surface area contributed by atoms with Gasteiger partial charge in [0.05, 0.1) is 6.42 Å². The van der Waals surface area contributed by atoms with Crippen molar-refractivity contribution in [1.29, 1.82) is 0 Å². The Kier molecular flexibility index (Phi) is 5.80. The monoisotopic (exact) mass is 286 g/mol. The normalized spacial score (nSPS) is 18.4. The van der Waals surface area contributed by atoms with Gasteiger partial charge in [0.25, 0.3) is 0 Å². The third kappa shape index (κ3) is 5.00. The molecule has 0 saturated carbocycles. The molecule has 2 N–H and O–H groups in total. The molecule has 1 atom stereocenters. The first-order valence-electron chi connectivity index (χ1n) is 7.04. The molecular formula is C14H26N2O4. The number of nitrogens with one attached hydrogen (secondary N) is 1. The molecule has 6 nitrogen and oxygen atoms in total. The second-order valence-corrected chi connectivity index (χ2v) is 6.42. The lowest BCUT2D eigenvalue weighted by Crippen LogP contribution is -2.52. The van der Waals surface area contributed by atoms with Crippen LogP contribution in [0.15, 0.2) is 0 Å². The second kappa shape index (κ2) is 6.92. The van der Waals surface area contributed by atoms with Gasteiger partial charge in [0.15, 0.2) is 0 Å². The molecule has 0 bridgehead atoms. The van der Waals surface area contributed by atoms with E-state index in [4.69, 9.17) is 9.84 Å². The van der Waals surface area contributed by atoms with Crippen molar-refractivity contribution in [2.24, 2.45) is 5.41 Å². The van der Waals surface area contributed by atoms with Crippen molar-refractivity contribution in [3.8, 4) is 0 Å². The van der Waals surface area contributed by atoms with E-state index in [1.165, 1.54) is 0 Å². The van der Waals surface area contributed by atoms with Gasteiger partial charge in [0.1, 0.15) is 0 Å². The molecule has 0 radical (unpaired) electrons. The van der Waals surface area contributed by atoms with Crippen LogP contribution in [0.3, 0.4) is 0 Å². The predicted octanol–water partition coefficient (Wildman–Crippen LogP) is 1.70. The molecule has 20 heavy (non-hydrogen) atoms. The van der Waals surface area contributed by atoms with Crippen LogP contribution < -0.4 is 5.32 Å². The van der Waals surface area contributed by atoms with Crippen LogP contribution in [-0.4, -0.2) is 54.4 Å². The molecule has 1 unspecified atom stereocenters. The lowest BCUT2D eigenvalue weighted by Gasteiger charge is -2.35. The van der Waals surface area contributed by atoms with Gasteiger partial charge < -0.3 is 20.1 Å². The minimum atomic E-state index is -0.904. The molecular weight excluding hydrogens is 260 g/mol. The SMILES string of the molecule is CN(C(=O)NC(CC(=O)O)C(C)(C)C)C1CCOCC1. The second-order valence-electron chi connectivity index (χ2n) is 6.42. The zero-order valence-electron chi connectivity index (χ0n) is 12.8. The predicted molar refractivity (Wildman–Crippen MR) is 75.6 cm³/mol. The number of nitrogens with zero attached hydrogens (tertiary/aromatic N) is 1. The van der Waals surface area contributed by atoms with E-state index in [-0.39, 0.29) is 23.9 Å². The van der Waals surface area contributed by atoms with Crippen molar-refractivity contribution in [3.05, 3.63) is 0 Å². The zero-order chi connectivity index (χ0) is 15.3. The summed E-state index contributed by atoms with van der Waals surface area (Å²) in [6.07, 6.45) is 1.57. The van der Waals surface area contributed by atoms with Crippen molar-refractivity contribution in [2.45, 2.75) is 52.1 Å². The lowest BCUT2D eigenvalue weighted by atomic mass is 9.85. The molecule has 1 heterocycles. The minimum absolute atomic E-state index is 0.0726. The summed E-state index contributed by atoms with van der Waals surface area (Å²) in [5.74, 6) is -0.904. The average Bonchev–Trinajstić information content (AvgIpc) is 2.36. The lowest BCUT2D eigenvalue weighted by molar-refractivity contribution is -0.138. The summed E-state index contributed by atoms with van der Waals surface area (Å²) >= 11 is 0. The Morgan fingerprint density at radius 2 is 1.90 bits per heavy atom. The number of carboxylic acids is 1. The topological polar surface area (TPSA) is 78.9 Å². The molecule has 1 fully saturated rings. The van der Waals surface area contributed by atoms with Crippen LogP contribution in [0.4, 0.5) is 4.79 Å².